The maximum absolute atomic E-state index is 3.85. The molecule has 0 aliphatic carbocycles. The predicted octanol–water partition coefficient (Wildman–Crippen LogP) is 7.90. The first-order valence-electron chi connectivity index (χ1n) is 10.1. The first kappa shape index (κ1) is 21.5. The molecule has 1 unspecified atom stereocenters. The molecule has 2 aromatic carbocycles. The molecular formula is C27H33N. The molecule has 0 amide bonds. The minimum atomic E-state index is 0.228. The van der Waals surface area contributed by atoms with E-state index >= 15 is 0 Å². The summed E-state index contributed by atoms with van der Waals surface area (Å²) in [7, 11) is 0. The highest BCUT2D eigenvalue weighted by Gasteiger charge is 2.08. The Hall–Kier alpha value is -2.80. The number of allylic oxidation sites excluding steroid dienone is 6. The lowest BCUT2D eigenvalue weighted by molar-refractivity contribution is 0.842. The number of anilines is 1. The summed E-state index contributed by atoms with van der Waals surface area (Å²) in [5, 5.41) is 3.65. The van der Waals surface area contributed by atoms with E-state index in [4.69, 9.17) is 0 Å². The largest absolute Gasteiger partial charge is 0.379 e. The van der Waals surface area contributed by atoms with Crippen molar-refractivity contribution in [2.75, 3.05) is 5.32 Å². The van der Waals surface area contributed by atoms with Crippen LogP contribution < -0.4 is 5.32 Å². The molecule has 0 bridgehead atoms. The zero-order chi connectivity index (χ0) is 20.4. The van der Waals surface area contributed by atoms with Crippen LogP contribution in [0.25, 0.3) is 5.57 Å². The Bertz CT molecular complexity index is 854. The van der Waals surface area contributed by atoms with Crippen LogP contribution in [0.3, 0.4) is 0 Å². The van der Waals surface area contributed by atoms with Crippen molar-refractivity contribution in [3.8, 4) is 0 Å². The molecule has 0 aromatic heterocycles. The molecule has 0 aliphatic heterocycles. The molecule has 1 atom stereocenters. The van der Waals surface area contributed by atoms with Crippen molar-refractivity contribution in [2.45, 2.75) is 46.1 Å². The lowest BCUT2D eigenvalue weighted by Crippen LogP contribution is -2.07. The van der Waals surface area contributed by atoms with Crippen LogP contribution in [-0.2, 0) is 6.42 Å². The fourth-order valence-electron chi connectivity index (χ4n) is 3.23. The van der Waals surface area contributed by atoms with Gasteiger partial charge < -0.3 is 5.32 Å². The maximum atomic E-state index is 3.85. The Kier molecular flexibility index (Phi) is 8.55. The molecule has 0 fully saturated rings. The third-order valence-electron chi connectivity index (χ3n) is 4.92. The van der Waals surface area contributed by atoms with Gasteiger partial charge in [0.15, 0.2) is 0 Å². The van der Waals surface area contributed by atoms with Gasteiger partial charge in [-0.05, 0) is 80.5 Å². The van der Waals surface area contributed by atoms with Crippen LogP contribution in [0.4, 0.5) is 5.69 Å². The van der Waals surface area contributed by atoms with Crippen molar-refractivity contribution in [3.05, 3.63) is 108 Å². The Morgan fingerprint density at radius 1 is 1.11 bits per heavy atom. The van der Waals surface area contributed by atoms with E-state index in [0.717, 1.165) is 24.8 Å². The number of nitrogens with one attached hydrogen (secondary N) is 1. The number of unbranched alkanes of at least 4 members (excludes halogenated alkanes) is 1. The van der Waals surface area contributed by atoms with Crippen molar-refractivity contribution < 1.29 is 0 Å². The fraction of sp³-hybridized carbons (Fsp3) is 0.259. The third kappa shape index (κ3) is 6.42. The molecule has 0 heterocycles. The number of rotatable bonds is 10. The van der Waals surface area contributed by atoms with Crippen molar-refractivity contribution in [3.63, 3.8) is 0 Å². The highest BCUT2D eigenvalue weighted by atomic mass is 14.9. The maximum Gasteiger partial charge on any atom is 0.0485 e. The number of aryl methyl sites for hydroxylation is 1. The predicted molar refractivity (Wildman–Crippen MR) is 126 cm³/mol. The molecule has 1 nitrogen and oxygen atoms in total. The van der Waals surface area contributed by atoms with E-state index in [1.54, 1.807) is 0 Å². The molecule has 0 saturated carbocycles. The van der Waals surface area contributed by atoms with Gasteiger partial charge in [-0.15, -0.1) is 6.58 Å². The SMILES string of the molecule is C=CCCCc1cccc(NC(C)c2cccc(C(/C=C(/C)C=C)=C/C)c2)c1. The normalized spacial score (nSPS) is 13.1. The summed E-state index contributed by atoms with van der Waals surface area (Å²) < 4.78 is 0. The molecule has 0 aliphatic rings. The molecule has 2 rings (SSSR count). The Balaban J connectivity index is 2.15. The van der Waals surface area contributed by atoms with Gasteiger partial charge in [0.1, 0.15) is 0 Å². The highest BCUT2D eigenvalue weighted by molar-refractivity contribution is 5.75. The van der Waals surface area contributed by atoms with Crippen LogP contribution in [-0.4, -0.2) is 0 Å². The summed E-state index contributed by atoms with van der Waals surface area (Å²) in [5.74, 6) is 0. The lowest BCUT2D eigenvalue weighted by Gasteiger charge is -2.18. The molecular weight excluding hydrogens is 338 g/mol. The standard InChI is InChI=1S/C27H33N/c1-6-9-10-13-23-14-11-17-27(19-23)28-22(5)25-15-12-16-26(20-25)24(8-3)18-21(4)7-2/h6-8,11-12,14-20,22,28H,1-2,9-10,13H2,3-5H3/b21-18-,24-8+. The monoisotopic (exact) mass is 371 g/mol. The second kappa shape index (κ2) is 11.1. The average molecular weight is 372 g/mol. The van der Waals surface area contributed by atoms with Crippen molar-refractivity contribution in [2.24, 2.45) is 0 Å². The van der Waals surface area contributed by atoms with Crippen molar-refractivity contribution in [1.82, 2.24) is 0 Å². The van der Waals surface area contributed by atoms with Crippen molar-refractivity contribution in [1.29, 1.82) is 0 Å². The van der Waals surface area contributed by atoms with Gasteiger partial charge in [-0.1, -0.05) is 66.8 Å². The number of hydrogen-bond acceptors (Lipinski definition) is 1. The van der Waals surface area contributed by atoms with E-state index < -0.39 is 0 Å². The summed E-state index contributed by atoms with van der Waals surface area (Å²) in [5.41, 5.74) is 7.43. The van der Waals surface area contributed by atoms with Gasteiger partial charge in [0.05, 0.1) is 0 Å². The molecule has 1 heteroatoms. The molecule has 0 radical (unpaired) electrons. The molecule has 28 heavy (non-hydrogen) atoms. The zero-order valence-corrected chi connectivity index (χ0v) is 17.5. The second-order valence-corrected chi connectivity index (χ2v) is 7.21. The van der Waals surface area contributed by atoms with Crippen LogP contribution in [0.1, 0.15) is 56.3 Å². The lowest BCUT2D eigenvalue weighted by atomic mass is 9.98. The smallest absolute Gasteiger partial charge is 0.0485 e. The Morgan fingerprint density at radius 2 is 1.89 bits per heavy atom. The second-order valence-electron chi connectivity index (χ2n) is 7.21. The Morgan fingerprint density at radius 3 is 2.61 bits per heavy atom. The minimum absolute atomic E-state index is 0.228. The number of hydrogen-bond donors (Lipinski definition) is 1. The first-order valence-corrected chi connectivity index (χ1v) is 10.1. The summed E-state index contributed by atoms with van der Waals surface area (Å²) in [6.07, 6.45) is 11.5. The summed E-state index contributed by atoms with van der Waals surface area (Å²) in [4.78, 5) is 0. The first-order chi connectivity index (χ1) is 13.6. The van der Waals surface area contributed by atoms with Gasteiger partial charge in [0, 0.05) is 11.7 Å². The van der Waals surface area contributed by atoms with Gasteiger partial charge in [0.25, 0.3) is 0 Å². The summed E-state index contributed by atoms with van der Waals surface area (Å²) in [6.45, 7) is 14.0. The van der Waals surface area contributed by atoms with Gasteiger partial charge in [0.2, 0.25) is 0 Å². The van der Waals surface area contributed by atoms with Crippen LogP contribution in [0, 0.1) is 0 Å². The topological polar surface area (TPSA) is 12.0 Å². The molecule has 146 valence electrons. The average Bonchev–Trinajstić information content (AvgIpc) is 2.72. The zero-order valence-electron chi connectivity index (χ0n) is 17.5. The highest BCUT2D eigenvalue weighted by Crippen LogP contribution is 2.25. The van der Waals surface area contributed by atoms with Gasteiger partial charge >= 0.3 is 0 Å². The van der Waals surface area contributed by atoms with Gasteiger partial charge in [-0.3, -0.25) is 0 Å². The summed E-state index contributed by atoms with van der Waals surface area (Å²) in [6, 6.07) is 17.7. The quantitative estimate of drug-likeness (QED) is 0.254. The van der Waals surface area contributed by atoms with Crippen LogP contribution >= 0.6 is 0 Å². The minimum Gasteiger partial charge on any atom is -0.379 e. The Labute approximate surface area is 171 Å². The van der Waals surface area contributed by atoms with E-state index in [2.05, 4.69) is 99.9 Å². The van der Waals surface area contributed by atoms with Crippen LogP contribution in [0.15, 0.2) is 91.6 Å². The van der Waals surface area contributed by atoms with E-state index in [1.807, 2.05) is 12.2 Å². The third-order valence-corrected chi connectivity index (χ3v) is 4.92. The van der Waals surface area contributed by atoms with Crippen molar-refractivity contribution >= 4 is 11.3 Å². The number of benzene rings is 2. The van der Waals surface area contributed by atoms with E-state index in [1.165, 1.54) is 28.0 Å². The summed E-state index contributed by atoms with van der Waals surface area (Å²) >= 11 is 0. The van der Waals surface area contributed by atoms with Gasteiger partial charge in [-0.2, -0.15) is 0 Å². The molecule has 1 N–H and O–H groups in total. The molecule has 2 aromatic rings. The molecule has 0 saturated heterocycles. The van der Waals surface area contributed by atoms with E-state index in [0.29, 0.717) is 0 Å². The van der Waals surface area contributed by atoms with Crippen LogP contribution in [0.2, 0.25) is 0 Å². The molecule has 0 spiro atoms. The fourth-order valence-corrected chi connectivity index (χ4v) is 3.23. The van der Waals surface area contributed by atoms with E-state index in [-0.39, 0.29) is 6.04 Å². The van der Waals surface area contributed by atoms with Gasteiger partial charge in [-0.25, -0.2) is 0 Å². The van der Waals surface area contributed by atoms with Crippen LogP contribution in [0.5, 0.6) is 0 Å². The van der Waals surface area contributed by atoms with E-state index in [9.17, 15) is 0 Å².